The first-order valence-electron chi connectivity index (χ1n) is 9.87. The molecule has 7 heteroatoms. The number of carbonyl (C=O) groups excluding carboxylic acids is 1. The molecular formula is C22H30BNO4S. The maximum absolute atomic E-state index is 12.2. The molecule has 156 valence electrons. The molecule has 0 spiro atoms. The van der Waals surface area contributed by atoms with E-state index in [4.69, 9.17) is 14.0 Å². The van der Waals surface area contributed by atoms with Crippen LogP contribution in [-0.2, 0) is 14.0 Å². The van der Waals surface area contributed by atoms with Crippen LogP contribution in [0.5, 0.6) is 0 Å². The van der Waals surface area contributed by atoms with Crippen molar-refractivity contribution in [2.45, 2.75) is 65.3 Å². The molecule has 3 rings (SSSR count). The van der Waals surface area contributed by atoms with Crippen LogP contribution >= 0.6 is 11.3 Å². The highest BCUT2D eigenvalue weighted by Crippen LogP contribution is 2.39. The Morgan fingerprint density at radius 3 is 2.45 bits per heavy atom. The van der Waals surface area contributed by atoms with Gasteiger partial charge in [-0.3, -0.25) is 0 Å². The van der Waals surface area contributed by atoms with Gasteiger partial charge in [0.25, 0.3) is 0 Å². The zero-order valence-corrected chi connectivity index (χ0v) is 19.1. The fraction of sp³-hybridized carbons (Fsp3) is 0.500. The van der Waals surface area contributed by atoms with Crippen molar-refractivity contribution in [1.29, 1.82) is 0 Å². The molecule has 2 aromatic rings. The Balaban J connectivity index is 1.90. The standard InChI is InChI=1S/C22H30BNO4S/c1-20(2,3)26-19(25)24-14-17(23-27-21(4,5)22(6,7)28-23)13-16-10-8-9-15-11-12-29-18(15)16/h8-13H,14H2,1-7H3,(H,24,25). The molecule has 1 aromatic carbocycles. The van der Waals surface area contributed by atoms with Gasteiger partial charge in [-0.25, -0.2) is 4.79 Å². The van der Waals surface area contributed by atoms with E-state index < -0.39 is 30.0 Å². The summed E-state index contributed by atoms with van der Waals surface area (Å²) >= 11 is 1.69. The normalized spacial score (nSPS) is 18.9. The summed E-state index contributed by atoms with van der Waals surface area (Å²) < 4.78 is 19.1. The number of nitrogens with one attached hydrogen (secondary N) is 1. The number of carbonyl (C=O) groups is 1. The number of thiophene rings is 1. The molecule has 29 heavy (non-hydrogen) atoms. The lowest BCUT2D eigenvalue weighted by molar-refractivity contribution is 0.00578. The second-order valence-electron chi connectivity index (χ2n) is 9.35. The van der Waals surface area contributed by atoms with Crippen molar-refractivity contribution in [3.05, 3.63) is 40.7 Å². The van der Waals surface area contributed by atoms with E-state index in [0.717, 1.165) is 11.0 Å². The maximum Gasteiger partial charge on any atom is 0.492 e. The Labute approximate surface area is 177 Å². The van der Waals surface area contributed by atoms with E-state index in [9.17, 15) is 4.79 Å². The van der Waals surface area contributed by atoms with E-state index in [1.807, 2.05) is 54.5 Å². The third kappa shape index (κ3) is 5.02. The Morgan fingerprint density at radius 1 is 1.17 bits per heavy atom. The highest BCUT2D eigenvalue weighted by molar-refractivity contribution is 7.17. The summed E-state index contributed by atoms with van der Waals surface area (Å²) in [6.45, 7) is 13.9. The topological polar surface area (TPSA) is 56.8 Å². The van der Waals surface area contributed by atoms with Crippen LogP contribution in [0, 0.1) is 0 Å². The lowest BCUT2D eigenvalue weighted by Gasteiger charge is -2.32. The van der Waals surface area contributed by atoms with Crippen molar-refractivity contribution in [1.82, 2.24) is 5.32 Å². The van der Waals surface area contributed by atoms with Gasteiger partial charge in [0.1, 0.15) is 5.60 Å². The van der Waals surface area contributed by atoms with E-state index in [2.05, 4.69) is 35.0 Å². The van der Waals surface area contributed by atoms with Gasteiger partial charge in [0.2, 0.25) is 0 Å². The maximum atomic E-state index is 12.2. The number of ether oxygens (including phenoxy) is 1. The Hall–Kier alpha value is -1.83. The molecule has 0 aliphatic carbocycles. The molecule has 0 unspecified atom stereocenters. The molecular weight excluding hydrogens is 385 g/mol. The number of rotatable bonds is 4. The van der Waals surface area contributed by atoms with Gasteiger partial charge >= 0.3 is 13.2 Å². The number of hydrogen-bond donors (Lipinski definition) is 1. The number of fused-ring (bicyclic) bond motifs is 1. The van der Waals surface area contributed by atoms with Gasteiger partial charge in [-0.15, -0.1) is 11.3 Å². The number of amides is 1. The van der Waals surface area contributed by atoms with Gasteiger partial charge in [0.05, 0.1) is 11.2 Å². The number of hydrogen-bond acceptors (Lipinski definition) is 5. The molecule has 5 nitrogen and oxygen atoms in total. The summed E-state index contributed by atoms with van der Waals surface area (Å²) in [6.07, 6.45) is 1.59. The predicted molar refractivity (Wildman–Crippen MR) is 120 cm³/mol. The smallest absolute Gasteiger partial charge is 0.444 e. The summed E-state index contributed by atoms with van der Waals surface area (Å²) in [5.41, 5.74) is 0.444. The minimum absolute atomic E-state index is 0.271. The molecule has 1 fully saturated rings. The summed E-state index contributed by atoms with van der Waals surface area (Å²) in [7, 11) is -0.551. The molecule has 0 bridgehead atoms. The molecule has 1 saturated heterocycles. The molecule has 2 heterocycles. The number of alkyl carbamates (subject to hydrolysis) is 1. The van der Waals surface area contributed by atoms with Crippen molar-refractivity contribution in [3.63, 3.8) is 0 Å². The summed E-state index contributed by atoms with van der Waals surface area (Å²) in [5.74, 6) is 0. The van der Waals surface area contributed by atoms with Crippen LogP contribution in [0.2, 0.25) is 0 Å². The van der Waals surface area contributed by atoms with Crippen LogP contribution in [-0.4, -0.2) is 36.6 Å². The first-order valence-corrected chi connectivity index (χ1v) is 10.8. The van der Waals surface area contributed by atoms with Crippen LogP contribution in [0.3, 0.4) is 0 Å². The number of benzene rings is 1. The van der Waals surface area contributed by atoms with E-state index in [1.165, 1.54) is 10.1 Å². The lowest BCUT2D eigenvalue weighted by atomic mass is 9.77. The Kier molecular flexibility index (Phi) is 5.87. The Morgan fingerprint density at radius 2 is 1.83 bits per heavy atom. The van der Waals surface area contributed by atoms with Gasteiger partial charge < -0.3 is 19.4 Å². The van der Waals surface area contributed by atoms with Crippen LogP contribution in [0.25, 0.3) is 16.2 Å². The molecule has 0 radical (unpaired) electrons. The van der Waals surface area contributed by atoms with Crippen molar-refractivity contribution in [3.8, 4) is 0 Å². The van der Waals surface area contributed by atoms with Gasteiger partial charge in [0.15, 0.2) is 0 Å². The van der Waals surface area contributed by atoms with Crippen LogP contribution in [0.15, 0.2) is 35.1 Å². The fourth-order valence-corrected chi connectivity index (χ4v) is 3.90. The third-order valence-corrected chi connectivity index (χ3v) is 6.22. The molecule has 1 amide bonds. The minimum atomic E-state index is -0.555. The highest BCUT2D eigenvalue weighted by atomic mass is 32.1. The average Bonchev–Trinajstić information content (AvgIpc) is 3.12. The zero-order valence-electron chi connectivity index (χ0n) is 18.3. The van der Waals surface area contributed by atoms with E-state index >= 15 is 0 Å². The SMILES string of the molecule is CC(C)(C)OC(=O)NCC(=Cc1cccc2ccsc12)B1OC(C)(C)C(C)(C)O1. The Bertz CT molecular complexity index is 910. The van der Waals surface area contributed by atoms with Crippen LogP contribution in [0.4, 0.5) is 4.79 Å². The van der Waals surface area contributed by atoms with Gasteiger partial charge in [-0.2, -0.15) is 0 Å². The molecule has 1 aliphatic rings. The van der Waals surface area contributed by atoms with Crippen LogP contribution < -0.4 is 5.32 Å². The largest absolute Gasteiger partial charge is 0.492 e. The van der Waals surface area contributed by atoms with Gasteiger partial charge in [-0.1, -0.05) is 24.3 Å². The zero-order chi connectivity index (χ0) is 21.4. The molecule has 0 atom stereocenters. The lowest BCUT2D eigenvalue weighted by Crippen LogP contribution is -2.41. The van der Waals surface area contributed by atoms with Crippen LogP contribution in [0.1, 0.15) is 54.0 Å². The quantitative estimate of drug-likeness (QED) is 0.676. The van der Waals surface area contributed by atoms with Gasteiger partial charge in [-0.05, 0) is 76.3 Å². The summed E-state index contributed by atoms with van der Waals surface area (Å²) in [6, 6.07) is 8.29. The van der Waals surface area contributed by atoms with Crippen molar-refractivity contribution < 1.29 is 18.8 Å². The van der Waals surface area contributed by atoms with Crippen molar-refractivity contribution >= 4 is 40.7 Å². The van der Waals surface area contributed by atoms with Crippen molar-refractivity contribution in [2.24, 2.45) is 0 Å². The monoisotopic (exact) mass is 415 g/mol. The van der Waals surface area contributed by atoms with E-state index in [-0.39, 0.29) is 6.54 Å². The molecule has 1 N–H and O–H groups in total. The van der Waals surface area contributed by atoms with Gasteiger partial charge in [0, 0.05) is 11.2 Å². The van der Waals surface area contributed by atoms with E-state index in [1.54, 1.807) is 11.3 Å². The van der Waals surface area contributed by atoms with E-state index in [0.29, 0.717) is 0 Å². The average molecular weight is 415 g/mol. The summed E-state index contributed by atoms with van der Waals surface area (Å²) in [5, 5.41) is 6.12. The summed E-state index contributed by atoms with van der Waals surface area (Å²) in [4.78, 5) is 12.2. The first-order chi connectivity index (χ1) is 13.4. The minimum Gasteiger partial charge on any atom is -0.444 e. The highest BCUT2D eigenvalue weighted by Gasteiger charge is 2.52. The first kappa shape index (κ1) is 21.9. The second-order valence-corrected chi connectivity index (χ2v) is 10.3. The molecule has 1 aliphatic heterocycles. The van der Waals surface area contributed by atoms with Crippen molar-refractivity contribution in [2.75, 3.05) is 6.54 Å². The second kappa shape index (κ2) is 7.78. The third-order valence-electron chi connectivity index (χ3n) is 5.24. The molecule has 1 aromatic heterocycles. The predicted octanol–water partition coefficient (Wildman–Crippen LogP) is 5.44. The fourth-order valence-electron chi connectivity index (χ4n) is 3.01. The molecule has 0 saturated carbocycles.